The van der Waals surface area contributed by atoms with Gasteiger partial charge < -0.3 is 14.6 Å². The first kappa shape index (κ1) is 45.9. The molecule has 0 amide bonds. The van der Waals surface area contributed by atoms with Crippen LogP contribution in [0.5, 0.6) is 0 Å². The fourth-order valence-corrected chi connectivity index (χ4v) is 6.46. The Morgan fingerprint density at radius 3 is 1.53 bits per heavy atom. The second kappa shape index (κ2) is 36.1. The van der Waals surface area contributed by atoms with Crippen LogP contribution in [-0.4, -0.2) is 60.4 Å². The number of hydrogen-bond acceptors (Lipinski definition) is 6. The number of rotatable bonds is 37. The van der Waals surface area contributed by atoms with Crippen LogP contribution in [0.15, 0.2) is 0 Å². The lowest BCUT2D eigenvalue weighted by Crippen LogP contribution is -2.36. The van der Waals surface area contributed by atoms with Crippen molar-refractivity contribution in [1.29, 1.82) is 0 Å². The standard InChI is InChI=1S/C41H81NO5/c1-5-8-11-14-17-24-31-39(30-23-16-12-9-6-2)47-41(45)33-26-20-19-22-29-38(4)42(35-36-43)34-27-21-15-18-25-32-40(44)46-37-28-13-10-7-3/h38-39,43H,5-37H2,1-4H3. The summed E-state index contributed by atoms with van der Waals surface area (Å²) in [5.74, 6) is -0.0323. The molecule has 0 radical (unpaired) electrons. The molecule has 0 aromatic rings. The average Bonchev–Trinajstić information content (AvgIpc) is 3.06. The lowest BCUT2D eigenvalue weighted by atomic mass is 10.0. The van der Waals surface area contributed by atoms with Crippen LogP contribution < -0.4 is 0 Å². The molecule has 47 heavy (non-hydrogen) atoms. The van der Waals surface area contributed by atoms with Gasteiger partial charge in [-0.1, -0.05) is 136 Å². The third-order valence-corrected chi connectivity index (χ3v) is 9.66. The van der Waals surface area contributed by atoms with Crippen molar-refractivity contribution in [2.45, 2.75) is 226 Å². The number of unbranched alkanes of at least 4 members (excludes halogenated alkanes) is 19. The Kier molecular flexibility index (Phi) is 35.3. The molecule has 6 nitrogen and oxygen atoms in total. The monoisotopic (exact) mass is 668 g/mol. The molecule has 280 valence electrons. The Hall–Kier alpha value is -1.14. The van der Waals surface area contributed by atoms with Gasteiger partial charge in [-0.15, -0.1) is 0 Å². The Balaban J connectivity index is 4.09. The highest BCUT2D eigenvalue weighted by Crippen LogP contribution is 2.19. The van der Waals surface area contributed by atoms with Crippen LogP contribution in [0.4, 0.5) is 0 Å². The summed E-state index contributed by atoms with van der Waals surface area (Å²) in [6.07, 6.45) is 32.7. The van der Waals surface area contributed by atoms with E-state index in [9.17, 15) is 14.7 Å². The normalized spacial score (nSPS) is 12.8. The molecular weight excluding hydrogens is 586 g/mol. The fourth-order valence-electron chi connectivity index (χ4n) is 6.46. The molecule has 0 aromatic carbocycles. The molecule has 2 unspecified atom stereocenters. The van der Waals surface area contributed by atoms with E-state index in [4.69, 9.17) is 9.47 Å². The van der Waals surface area contributed by atoms with E-state index in [0.29, 0.717) is 25.5 Å². The molecule has 0 fully saturated rings. The first-order valence-corrected chi connectivity index (χ1v) is 20.7. The molecular formula is C41H81NO5. The number of ether oxygens (including phenoxy) is 2. The van der Waals surface area contributed by atoms with Crippen LogP contribution in [-0.2, 0) is 19.1 Å². The van der Waals surface area contributed by atoms with Crippen LogP contribution in [0.25, 0.3) is 0 Å². The second-order valence-corrected chi connectivity index (χ2v) is 14.2. The van der Waals surface area contributed by atoms with Crippen LogP contribution in [0.2, 0.25) is 0 Å². The summed E-state index contributed by atoms with van der Waals surface area (Å²) in [4.78, 5) is 27.0. The zero-order valence-electron chi connectivity index (χ0n) is 32.0. The molecule has 2 atom stereocenters. The van der Waals surface area contributed by atoms with Crippen molar-refractivity contribution in [1.82, 2.24) is 4.90 Å². The van der Waals surface area contributed by atoms with Gasteiger partial charge in [0.15, 0.2) is 0 Å². The Labute approximate surface area is 292 Å². The van der Waals surface area contributed by atoms with Gasteiger partial charge >= 0.3 is 11.9 Å². The molecule has 1 N–H and O–H groups in total. The van der Waals surface area contributed by atoms with Crippen molar-refractivity contribution in [2.75, 3.05) is 26.3 Å². The molecule has 0 rings (SSSR count). The number of esters is 2. The zero-order chi connectivity index (χ0) is 34.6. The maximum Gasteiger partial charge on any atom is 0.306 e. The van der Waals surface area contributed by atoms with Gasteiger partial charge in [-0.25, -0.2) is 0 Å². The molecule has 0 aliphatic rings. The Morgan fingerprint density at radius 2 is 0.979 bits per heavy atom. The summed E-state index contributed by atoms with van der Waals surface area (Å²) < 4.78 is 11.3. The molecule has 0 heterocycles. The van der Waals surface area contributed by atoms with Crippen molar-refractivity contribution in [3.63, 3.8) is 0 Å². The summed E-state index contributed by atoms with van der Waals surface area (Å²) in [6, 6.07) is 0.458. The van der Waals surface area contributed by atoms with Gasteiger partial charge in [0, 0.05) is 25.4 Å². The molecule has 0 aliphatic carbocycles. The van der Waals surface area contributed by atoms with Gasteiger partial charge in [-0.05, 0) is 71.3 Å². The van der Waals surface area contributed by atoms with E-state index >= 15 is 0 Å². The van der Waals surface area contributed by atoms with Crippen LogP contribution in [0.3, 0.4) is 0 Å². The topological polar surface area (TPSA) is 76.1 Å². The molecule has 6 heteroatoms. The van der Waals surface area contributed by atoms with Crippen molar-refractivity contribution in [3.8, 4) is 0 Å². The van der Waals surface area contributed by atoms with E-state index in [1.54, 1.807) is 0 Å². The minimum absolute atomic E-state index is 0.00904. The highest BCUT2D eigenvalue weighted by Gasteiger charge is 2.15. The number of nitrogens with zero attached hydrogens (tertiary/aromatic N) is 1. The molecule has 0 saturated heterocycles. The second-order valence-electron chi connectivity index (χ2n) is 14.2. The number of hydrogen-bond donors (Lipinski definition) is 1. The zero-order valence-corrected chi connectivity index (χ0v) is 32.0. The van der Waals surface area contributed by atoms with E-state index in [0.717, 1.165) is 103 Å². The quantitative estimate of drug-likeness (QED) is 0.0525. The molecule has 0 spiro atoms. The van der Waals surface area contributed by atoms with Crippen molar-refractivity contribution < 1.29 is 24.2 Å². The van der Waals surface area contributed by atoms with Crippen molar-refractivity contribution in [2.24, 2.45) is 0 Å². The molecule has 0 bridgehead atoms. The molecule has 0 aliphatic heterocycles. The number of carbonyl (C=O) groups excluding carboxylic acids is 2. The third-order valence-electron chi connectivity index (χ3n) is 9.66. The maximum atomic E-state index is 12.7. The minimum atomic E-state index is -0.0414. The maximum absolute atomic E-state index is 12.7. The summed E-state index contributed by atoms with van der Waals surface area (Å²) >= 11 is 0. The van der Waals surface area contributed by atoms with Gasteiger partial charge in [0.2, 0.25) is 0 Å². The number of aliphatic hydroxyl groups excluding tert-OH is 1. The summed E-state index contributed by atoms with van der Waals surface area (Å²) in [5, 5.41) is 9.61. The lowest BCUT2D eigenvalue weighted by Gasteiger charge is -2.28. The van der Waals surface area contributed by atoms with Gasteiger partial charge in [-0.3, -0.25) is 14.5 Å². The third kappa shape index (κ3) is 31.9. The van der Waals surface area contributed by atoms with Crippen LogP contribution in [0.1, 0.15) is 214 Å². The van der Waals surface area contributed by atoms with Gasteiger partial charge in [0.1, 0.15) is 6.10 Å². The van der Waals surface area contributed by atoms with Gasteiger partial charge in [0.25, 0.3) is 0 Å². The predicted molar refractivity (Wildman–Crippen MR) is 200 cm³/mol. The highest BCUT2D eigenvalue weighted by molar-refractivity contribution is 5.69. The number of aliphatic hydroxyl groups is 1. The van der Waals surface area contributed by atoms with Crippen molar-refractivity contribution in [3.05, 3.63) is 0 Å². The Morgan fingerprint density at radius 1 is 0.532 bits per heavy atom. The first-order valence-electron chi connectivity index (χ1n) is 20.7. The van der Waals surface area contributed by atoms with Crippen molar-refractivity contribution >= 4 is 11.9 Å². The summed E-state index contributed by atoms with van der Waals surface area (Å²) in [7, 11) is 0. The van der Waals surface area contributed by atoms with E-state index in [2.05, 4.69) is 32.6 Å². The minimum Gasteiger partial charge on any atom is -0.466 e. The van der Waals surface area contributed by atoms with Crippen LogP contribution >= 0.6 is 0 Å². The Bertz CT molecular complexity index is 672. The van der Waals surface area contributed by atoms with Crippen LogP contribution in [0, 0.1) is 0 Å². The molecule has 0 saturated carbocycles. The predicted octanol–water partition coefficient (Wildman–Crippen LogP) is 11.5. The summed E-state index contributed by atoms with van der Waals surface area (Å²) in [6.45, 7) is 11.5. The fraction of sp³-hybridized carbons (Fsp3) is 0.951. The number of carbonyl (C=O) groups is 2. The smallest absolute Gasteiger partial charge is 0.306 e. The molecule has 0 aromatic heterocycles. The van der Waals surface area contributed by atoms with E-state index in [-0.39, 0.29) is 24.6 Å². The highest BCUT2D eigenvalue weighted by atomic mass is 16.5. The summed E-state index contributed by atoms with van der Waals surface area (Å²) in [5.41, 5.74) is 0. The average molecular weight is 668 g/mol. The van der Waals surface area contributed by atoms with E-state index < -0.39 is 0 Å². The first-order chi connectivity index (χ1) is 23.0. The van der Waals surface area contributed by atoms with E-state index in [1.807, 2.05) is 0 Å². The lowest BCUT2D eigenvalue weighted by molar-refractivity contribution is -0.150. The largest absolute Gasteiger partial charge is 0.466 e. The van der Waals surface area contributed by atoms with Gasteiger partial charge in [-0.2, -0.15) is 0 Å². The van der Waals surface area contributed by atoms with Gasteiger partial charge in [0.05, 0.1) is 13.2 Å². The SMILES string of the molecule is CCCCCCCCC(CCCCCCC)OC(=O)CCCCCCC(C)N(CCO)CCCCCCCC(=O)OCCCCCC. The van der Waals surface area contributed by atoms with E-state index in [1.165, 1.54) is 83.5 Å².